The van der Waals surface area contributed by atoms with E-state index in [2.05, 4.69) is 6.92 Å². The number of carbonyl (C=O) groups excluding carboxylic acids is 1. The van der Waals surface area contributed by atoms with Crippen molar-refractivity contribution in [3.63, 3.8) is 0 Å². The summed E-state index contributed by atoms with van der Waals surface area (Å²) in [6.07, 6.45) is 9.95. The van der Waals surface area contributed by atoms with Crippen LogP contribution in [0.4, 0.5) is 0 Å². The fourth-order valence-electron chi connectivity index (χ4n) is 2.63. The molecular formula is C14H26O2. The van der Waals surface area contributed by atoms with Crippen molar-refractivity contribution < 1.29 is 9.53 Å². The third kappa shape index (κ3) is 4.54. The first-order valence-corrected chi connectivity index (χ1v) is 6.94. The number of ether oxygens (including phenoxy) is 1. The lowest BCUT2D eigenvalue weighted by Crippen LogP contribution is -2.23. The number of esters is 1. The quantitative estimate of drug-likeness (QED) is 0.506. The van der Waals surface area contributed by atoms with Crippen LogP contribution in [0.3, 0.4) is 0 Å². The van der Waals surface area contributed by atoms with Crippen LogP contribution in [0, 0.1) is 11.8 Å². The molecule has 0 aromatic carbocycles. The summed E-state index contributed by atoms with van der Waals surface area (Å²) in [6, 6.07) is 0. The topological polar surface area (TPSA) is 26.3 Å². The van der Waals surface area contributed by atoms with Crippen LogP contribution in [0.2, 0.25) is 0 Å². The normalized spacial score (nSPS) is 25.4. The average molecular weight is 226 g/mol. The molecule has 2 heteroatoms. The van der Waals surface area contributed by atoms with E-state index in [0.717, 1.165) is 18.8 Å². The highest BCUT2D eigenvalue weighted by molar-refractivity contribution is 5.72. The maximum Gasteiger partial charge on any atom is 0.308 e. The lowest BCUT2D eigenvalue weighted by molar-refractivity contribution is -0.149. The minimum absolute atomic E-state index is 0.0366. The van der Waals surface area contributed by atoms with E-state index in [0.29, 0.717) is 6.61 Å². The van der Waals surface area contributed by atoms with Crippen LogP contribution in [0.5, 0.6) is 0 Å². The molecule has 94 valence electrons. The van der Waals surface area contributed by atoms with E-state index in [4.69, 9.17) is 4.74 Å². The van der Waals surface area contributed by atoms with Gasteiger partial charge in [-0.2, -0.15) is 0 Å². The van der Waals surface area contributed by atoms with Crippen LogP contribution in [0.15, 0.2) is 0 Å². The second kappa shape index (κ2) is 7.70. The smallest absolute Gasteiger partial charge is 0.308 e. The zero-order valence-electron chi connectivity index (χ0n) is 10.8. The van der Waals surface area contributed by atoms with Crippen LogP contribution in [0.25, 0.3) is 0 Å². The van der Waals surface area contributed by atoms with Gasteiger partial charge >= 0.3 is 5.97 Å². The zero-order valence-corrected chi connectivity index (χ0v) is 10.8. The molecule has 0 amide bonds. The van der Waals surface area contributed by atoms with Crippen molar-refractivity contribution in [2.24, 2.45) is 11.8 Å². The number of carbonyl (C=O) groups is 1. The highest BCUT2D eigenvalue weighted by Crippen LogP contribution is 2.32. The molecule has 0 atom stereocenters. The maximum absolute atomic E-state index is 11.5. The van der Waals surface area contributed by atoms with Crippen molar-refractivity contribution in [1.82, 2.24) is 0 Å². The molecule has 1 fully saturated rings. The summed E-state index contributed by atoms with van der Waals surface area (Å²) in [6.45, 7) is 4.65. The molecule has 1 aliphatic carbocycles. The summed E-state index contributed by atoms with van der Waals surface area (Å²) in [7, 11) is 0. The SMILES string of the molecule is CCCCCC1CCC(C(=O)OCC)CC1. The first kappa shape index (κ1) is 13.5. The van der Waals surface area contributed by atoms with Crippen LogP contribution >= 0.6 is 0 Å². The number of hydrogen-bond acceptors (Lipinski definition) is 2. The lowest BCUT2D eigenvalue weighted by atomic mass is 9.80. The average Bonchev–Trinajstić information content (AvgIpc) is 2.30. The molecule has 0 saturated heterocycles. The summed E-state index contributed by atoms with van der Waals surface area (Å²) in [4.78, 5) is 11.5. The van der Waals surface area contributed by atoms with Crippen molar-refractivity contribution in [2.75, 3.05) is 6.61 Å². The highest BCUT2D eigenvalue weighted by atomic mass is 16.5. The Morgan fingerprint density at radius 1 is 1.12 bits per heavy atom. The van der Waals surface area contributed by atoms with Gasteiger partial charge in [-0.1, -0.05) is 32.6 Å². The molecule has 0 heterocycles. The van der Waals surface area contributed by atoms with Gasteiger partial charge in [-0.25, -0.2) is 0 Å². The lowest BCUT2D eigenvalue weighted by Gasteiger charge is -2.27. The minimum Gasteiger partial charge on any atom is -0.466 e. The Morgan fingerprint density at radius 3 is 2.38 bits per heavy atom. The van der Waals surface area contributed by atoms with Gasteiger partial charge in [-0.15, -0.1) is 0 Å². The van der Waals surface area contributed by atoms with Gasteiger partial charge in [0.05, 0.1) is 12.5 Å². The van der Waals surface area contributed by atoms with E-state index in [1.807, 2.05) is 6.92 Å². The molecule has 0 unspecified atom stereocenters. The Kier molecular flexibility index (Phi) is 6.51. The Bertz CT molecular complexity index is 193. The predicted octanol–water partition coefficient (Wildman–Crippen LogP) is 3.94. The Morgan fingerprint density at radius 2 is 1.81 bits per heavy atom. The predicted molar refractivity (Wildman–Crippen MR) is 66.2 cm³/mol. The Labute approximate surface area is 99.8 Å². The molecule has 0 spiro atoms. The highest BCUT2D eigenvalue weighted by Gasteiger charge is 2.26. The maximum atomic E-state index is 11.5. The fourth-order valence-corrected chi connectivity index (χ4v) is 2.63. The van der Waals surface area contributed by atoms with E-state index >= 15 is 0 Å². The third-order valence-electron chi connectivity index (χ3n) is 3.68. The van der Waals surface area contributed by atoms with E-state index in [1.54, 1.807) is 0 Å². The van der Waals surface area contributed by atoms with Crippen LogP contribution < -0.4 is 0 Å². The van der Waals surface area contributed by atoms with Crippen molar-refractivity contribution in [3.8, 4) is 0 Å². The van der Waals surface area contributed by atoms with Crippen molar-refractivity contribution >= 4 is 5.97 Å². The van der Waals surface area contributed by atoms with E-state index in [1.165, 1.54) is 38.5 Å². The second-order valence-corrected chi connectivity index (χ2v) is 4.97. The van der Waals surface area contributed by atoms with Gasteiger partial charge in [0.15, 0.2) is 0 Å². The molecule has 1 rings (SSSR count). The molecule has 2 nitrogen and oxygen atoms in total. The molecule has 0 bridgehead atoms. The van der Waals surface area contributed by atoms with Gasteiger partial charge in [0.1, 0.15) is 0 Å². The molecule has 0 aliphatic heterocycles. The van der Waals surface area contributed by atoms with Crippen LogP contribution in [-0.4, -0.2) is 12.6 Å². The van der Waals surface area contributed by atoms with Gasteiger partial charge < -0.3 is 4.74 Å². The van der Waals surface area contributed by atoms with Gasteiger partial charge in [0.25, 0.3) is 0 Å². The second-order valence-electron chi connectivity index (χ2n) is 4.97. The van der Waals surface area contributed by atoms with Gasteiger partial charge in [-0.3, -0.25) is 4.79 Å². The zero-order chi connectivity index (χ0) is 11.8. The first-order chi connectivity index (χ1) is 7.77. The summed E-state index contributed by atoms with van der Waals surface area (Å²) in [5, 5.41) is 0. The molecule has 0 radical (unpaired) electrons. The molecule has 0 N–H and O–H groups in total. The number of unbranched alkanes of at least 4 members (excludes halogenated alkanes) is 2. The van der Waals surface area contributed by atoms with E-state index in [-0.39, 0.29) is 11.9 Å². The molecule has 0 aromatic heterocycles. The Balaban J connectivity index is 2.15. The summed E-state index contributed by atoms with van der Waals surface area (Å²) in [5.74, 6) is 1.11. The molecule has 1 saturated carbocycles. The summed E-state index contributed by atoms with van der Waals surface area (Å²) < 4.78 is 5.08. The summed E-state index contributed by atoms with van der Waals surface area (Å²) >= 11 is 0. The largest absolute Gasteiger partial charge is 0.466 e. The first-order valence-electron chi connectivity index (χ1n) is 6.94. The van der Waals surface area contributed by atoms with Crippen LogP contribution in [-0.2, 0) is 9.53 Å². The summed E-state index contributed by atoms with van der Waals surface area (Å²) in [5.41, 5.74) is 0. The van der Waals surface area contributed by atoms with E-state index < -0.39 is 0 Å². The van der Waals surface area contributed by atoms with Crippen LogP contribution in [0.1, 0.15) is 65.2 Å². The molecule has 0 aromatic rings. The van der Waals surface area contributed by atoms with Crippen molar-refractivity contribution in [2.45, 2.75) is 65.2 Å². The molecule has 16 heavy (non-hydrogen) atoms. The monoisotopic (exact) mass is 226 g/mol. The van der Waals surface area contributed by atoms with Crippen molar-refractivity contribution in [3.05, 3.63) is 0 Å². The molecule has 1 aliphatic rings. The minimum atomic E-state index is 0.0366. The van der Waals surface area contributed by atoms with Gasteiger partial charge in [0, 0.05) is 0 Å². The molecular weight excluding hydrogens is 200 g/mol. The standard InChI is InChI=1S/C14H26O2/c1-3-5-6-7-12-8-10-13(11-9-12)14(15)16-4-2/h12-13H,3-11H2,1-2H3. The Hall–Kier alpha value is -0.530. The van der Waals surface area contributed by atoms with Gasteiger partial charge in [-0.05, 0) is 38.5 Å². The number of rotatable bonds is 6. The van der Waals surface area contributed by atoms with Crippen molar-refractivity contribution in [1.29, 1.82) is 0 Å². The fraction of sp³-hybridized carbons (Fsp3) is 0.929. The third-order valence-corrected chi connectivity index (χ3v) is 3.68. The van der Waals surface area contributed by atoms with E-state index in [9.17, 15) is 4.79 Å². The van der Waals surface area contributed by atoms with Gasteiger partial charge in [0.2, 0.25) is 0 Å². The number of hydrogen-bond donors (Lipinski definition) is 0.